The lowest BCUT2D eigenvalue weighted by molar-refractivity contribution is 0.0866. The minimum atomic E-state index is -0.228. The maximum absolute atomic E-state index is 11.9. The first-order chi connectivity index (χ1) is 8.67. The Hall–Kier alpha value is -0.820. The van der Waals surface area contributed by atoms with Crippen LogP contribution in [0.4, 0.5) is 0 Å². The fourth-order valence-corrected chi connectivity index (χ4v) is 2.32. The molecule has 0 spiro atoms. The number of oxazole rings is 1. The molecule has 1 aliphatic heterocycles. The van der Waals surface area contributed by atoms with Crippen molar-refractivity contribution in [3.8, 4) is 0 Å². The molecular formula is C12H21Cl2N3O3. The largest absolute Gasteiger partial charge is 0.438 e. The normalized spacial score (nSPS) is 20.9. The second-order valence-corrected chi connectivity index (χ2v) is 4.69. The molecule has 2 rings (SSSR count). The SMILES string of the molecule is COCC1(CNC(=O)c2ocnc2C)CCCN1.Cl.Cl. The van der Waals surface area contributed by atoms with Gasteiger partial charge in [-0.1, -0.05) is 0 Å². The second-order valence-electron chi connectivity index (χ2n) is 4.69. The van der Waals surface area contributed by atoms with Gasteiger partial charge in [0, 0.05) is 13.7 Å². The van der Waals surface area contributed by atoms with Crippen LogP contribution >= 0.6 is 24.8 Å². The van der Waals surface area contributed by atoms with Gasteiger partial charge in [0.15, 0.2) is 6.39 Å². The number of rotatable bonds is 5. The van der Waals surface area contributed by atoms with Crippen molar-refractivity contribution >= 4 is 30.7 Å². The Morgan fingerprint density at radius 1 is 1.60 bits per heavy atom. The molecule has 0 radical (unpaired) electrons. The molecule has 6 nitrogen and oxygen atoms in total. The summed E-state index contributed by atoms with van der Waals surface area (Å²) in [5.74, 6) is 0.0507. The van der Waals surface area contributed by atoms with Crippen molar-refractivity contribution in [1.82, 2.24) is 15.6 Å². The number of hydrogen-bond donors (Lipinski definition) is 2. The average Bonchev–Trinajstić information content (AvgIpc) is 2.97. The van der Waals surface area contributed by atoms with Crippen LogP contribution in [0, 0.1) is 6.92 Å². The van der Waals surface area contributed by atoms with E-state index < -0.39 is 0 Å². The van der Waals surface area contributed by atoms with Crippen LogP contribution in [0.1, 0.15) is 29.1 Å². The number of aryl methyl sites for hydroxylation is 1. The highest BCUT2D eigenvalue weighted by Gasteiger charge is 2.34. The molecular weight excluding hydrogens is 305 g/mol. The van der Waals surface area contributed by atoms with E-state index in [-0.39, 0.29) is 42.0 Å². The topological polar surface area (TPSA) is 76.4 Å². The molecule has 0 saturated carbocycles. The number of aromatic nitrogens is 1. The zero-order valence-electron chi connectivity index (χ0n) is 11.6. The van der Waals surface area contributed by atoms with Gasteiger partial charge >= 0.3 is 0 Å². The molecule has 1 saturated heterocycles. The van der Waals surface area contributed by atoms with E-state index >= 15 is 0 Å². The molecule has 1 amide bonds. The molecule has 1 atom stereocenters. The van der Waals surface area contributed by atoms with Gasteiger partial charge in [0.2, 0.25) is 5.76 Å². The minimum absolute atomic E-state index is 0. The lowest BCUT2D eigenvalue weighted by Crippen LogP contribution is -2.53. The molecule has 116 valence electrons. The van der Waals surface area contributed by atoms with Crippen LogP contribution in [-0.2, 0) is 4.74 Å². The van der Waals surface area contributed by atoms with E-state index in [1.807, 2.05) is 0 Å². The summed E-state index contributed by atoms with van der Waals surface area (Å²) in [5, 5.41) is 6.28. The van der Waals surface area contributed by atoms with Gasteiger partial charge in [0.05, 0.1) is 17.8 Å². The molecule has 1 aromatic rings. The number of carbonyl (C=O) groups excluding carboxylic acids is 1. The number of nitrogens with one attached hydrogen (secondary N) is 2. The fourth-order valence-electron chi connectivity index (χ4n) is 2.32. The van der Waals surface area contributed by atoms with Crippen LogP contribution in [0.15, 0.2) is 10.8 Å². The second kappa shape index (κ2) is 8.46. The van der Waals surface area contributed by atoms with Crippen molar-refractivity contribution in [3.05, 3.63) is 17.8 Å². The van der Waals surface area contributed by atoms with E-state index in [0.717, 1.165) is 19.4 Å². The molecule has 2 heterocycles. The number of hydrogen-bond acceptors (Lipinski definition) is 5. The molecule has 1 unspecified atom stereocenters. The summed E-state index contributed by atoms with van der Waals surface area (Å²) < 4.78 is 10.3. The van der Waals surface area contributed by atoms with Gasteiger partial charge in [-0.25, -0.2) is 4.98 Å². The number of amides is 1. The molecule has 1 fully saturated rings. The third kappa shape index (κ3) is 4.34. The van der Waals surface area contributed by atoms with Gasteiger partial charge in [-0.05, 0) is 26.3 Å². The minimum Gasteiger partial charge on any atom is -0.438 e. The van der Waals surface area contributed by atoms with Gasteiger partial charge in [0.25, 0.3) is 5.91 Å². The standard InChI is InChI=1S/C12H19N3O3.2ClH/c1-9-10(18-8-14-9)11(16)13-6-12(7-17-2)4-3-5-15-12;;/h8,15H,3-7H2,1-2H3,(H,13,16);2*1H. The van der Waals surface area contributed by atoms with Crippen LogP contribution < -0.4 is 10.6 Å². The molecule has 2 N–H and O–H groups in total. The highest BCUT2D eigenvalue weighted by atomic mass is 35.5. The Morgan fingerprint density at radius 2 is 2.35 bits per heavy atom. The highest BCUT2D eigenvalue weighted by molar-refractivity contribution is 5.92. The Labute approximate surface area is 130 Å². The summed E-state index contributed by atoms with van der Waals surface area (Å²) >= 11 is 0. The molecule has 0 aromatic carbocycles. The molecule has 0 bridgehead atoms. The number of halogens is 2. The van der Waals surface area contributed by atoms with Crippen LogP contribution in [0.5, 0.6) is 0 Å². The first kappa shape index (κ1) is 19.2. The van der Waals surface area contributed by atoms with E-state index in [4.69, 9.17) is 9.15 Å². The maximum atomic E-state index is 11.9. The van der Waals surface area contributed by atoms with E-state index in [1.165, 1.54) is 6.39 Å². The number of methoxy groups -OCH3 is 1. The first-order valence-corrected chi connectivity index (χ1v) is 6.09. The Kier molecular flexibility index (Phi) is 8.12. The van der Waals surface area contributed by atoms with Gasteiger partial charge in [-0.2, -0.15) is 0 Å². The van der Waals surface area contributed by atoms with Crippen LogP contribution in [0.25, 0.3) is 0 Å². The van der Waals surface area contributed by atoms with Crippen LogP contribution in [-0.4, -0.2) is 43.2 Å². The van der Waals surface area contributed by atoms with Crippen molar-refractivity contribution in [2.24, 2.45) is 0 Å². The van der Waals surface area contributed by atoms with Crippen molar-refractivity contribution in [2.45, 2.75) is 25.3 Å². The van der Waals surface area contributed by atoms with Gasteiger partial charge in [-0.3, -0.25) is 4.79 Å². The zero-order chi connectivity index (χ0) is 13.0. The third-order valence-electron chi connectivity index (χ3n) is 3.29. The van der Waals surface area contributed by atoms with Crippen molar-refractivity contribution < 1.29 is 13.9 Å². The van der Waals surface area contributed by atoms with E-state index in [0.29, 0.717) is 18.8 Å². The maximum Gasteiger partial charge on any atom is 0.289 e. The van der Waals surface area contributed by atoms with Crippen molar-refractivity contribution in [1.29, 1.82) is 0 Å². The van der Waals surface area contributed by atoms with E-state index in [9.17, 15) is 4.79 Å². The predicted octanol–water partition coefficient (Wildman–Crippen LogP) is 1.33. The van der Waals surface area contributed by atoms with Gasteiger partial charge in [0.1, 0.15) is 0 Å². The third-order valence-corrected chi connectivity index (χ3v) is 3.29. The lowest BCUT2D eigenvalue weighted by Gasteiger charge is -2.28. The van der Waals surface area contributed by atoms with E-state index in [1.54, 1.807) is 14.0 Å². The summed E-state index contributed by atoms with van der Waals surface area (Å²) in [4.78, 5) is 15.8. The molecule has 1 aliphatic rings. The summed E-state index contributed by atoms with van der Waals surface area (Å²) in [5.41, 5.74) is 0.450. The number of ether oxygens (including phenoxy) is 1. The average molecular weight is 326 g/mol. The first-order valence-electron chi connectivity index (χ1n) is 6.09. The lowest BCUT2D eigenvalue weighted by atomic mass is 9.98. The number of carbonyl (C=O) groups is 1. The monoisotopic (exact) mass is 325 g/mol. The van der Waals surface area contributed by atoms with Crippen molar-refractivity contribution in [2.75, 3.05) is 26.8 Å². The highest BCUT2D eigenvalue weighted by Crippen LogP contribution is 2.19. The zero-order valence-corrected chi connectivity index (χ0v) is 13.2. The summed E-state index contributed by atoms with van der Waals surface area (Å²) in [6.07, 6.45) is 3.38. The Balaban J connectivity index is 0.00000180. The number of nitrogens with zero attached hydrogens (tertiary/aromatic N) is 1. The van der Waals surface area contributed by atoms with Gasteiger partial charge in [-0.15, -0.1) is 24.8 Å². The molecule has 20 heavy (non-hydrogen) atoms. The molecule has 0 aliphatic carbocycles. The van der Waals surface area contributed by atoms with Gasteiger partial charge < -0.3 is 19.8 Å². The van der Waals surface area contributed by atoms with Crippen LogP contribution in [0.2, 0.25) is 0 Å². The van der Waals surface area contributed by atoms with Crippen LogP contribution in [0.3, 0.4) is 0 Å². The Bertz CT molecular complexity index is 420. The Morgan fingerprint density at radius 3 is 2.85 bits per heavy atom. The smallest absolute Gasteiger partial charge is 0.289 e. The van der Waals surface area contributed by atoms with E-state index in [2.05, 4.69) is 15.6 Å². The summed E-state index contributed by atoms with van der Waals surface area (Å²) in [7, 11) is 1.67. The molecule has 1 aromatic heterocycles. The fraction of sp³-hybridized carbons (Fsp3) is 0.667. The van der Waals surface area contributed by atoms with Crippen molar-refractivity contribution in [3.63, 3.8) is 0 Å². The summed E-state index contributed by atoms with van der Waals surface area (Å²) in [6.45, 7) is 3.82. The quantitative estimate of drug-likeness (QED) is 0.854. The predicted molar refractivity (Wildman–Crippen MR) is 79.9 cm³/mol. The summed E-state index contributed by atoms with van der Waals surface area (Å²) in [6, 6.07) is 0. The molecule has 8 heteroatoms.